The first-order valence-corrected chi connectivity index (χ1v) is 8.29. The standard InChI is InChI=1S/C22H20O4/c1-3-6-16-9-12-20(21(13-16)24-2)25-15-22(23)26-19-11-10-17-7-4-5-8-18(17)14-19/h3-5,7-14H,1,6,15H2,2H3. The molecular weight excluding hydrogens is 328 g/mol. The molecule has 26 heavy (non-hydrogen) atoms. The van der Waals surface area contributed by atoms with E-state index in [1.807, 2.05) is 54.6 Å². The van der Waals surface area contributed by atoms with Gasteiger partial charge in [0.15, 0.2) is 18.1 Å². The number of hydrogen-bond acceptors (Lipinski definition) is 4. The number of carbonyl (C=O) groups excluding carboxylic acids is 1. The van der Waals surface area contributed by atoms with Gasteiger partial charge in [-0.2, -0.15) is 0 Å². The lowest BCUT2D eigenvalue weighted by molar-refractivity contribution is -0.136. The third-order valence-corrected chi connectivity index (χ3v) is 3.91. The van der Waals surface area contributed by atoms with Gasteiger partial charge in [-0.25, -0.2) is 4.79 Å². The van der Waals surface area contributed by atoms with E-state index >= 15 is 0 Å². The van der Waals surface area contributed by atoms with Crippen molar-refractivity contribution in [3.05, 3.63) is 78.9 Å². The molecule has 0 fully saturated rings. The first-order chi connectivity index (χ1) is 12.7. The zero-order valence-electron chi connectivity index (χ0n) is 14.6. The smallest absolute Gasteiger partial charge is 0.349 e. The summed E-state index contributed by atoms with van der Waals surface area (Å²) >= 11 is 0. The van der Waals surface area contributed by atoms with Crippen LogP contribution in [0.5, 0.6) is 17.2 Å². The van der Waals surface area contributed by atoms with Gasteiger partial charge in [0.05, 0.1) is 7.11 Å². The summed E-state index contributed by atoms with van der Waals surface area (Å²) in [7, 11) is 1.56. The van der Waals surface area contributed by atoms with Crippen molar-refractivity contribution in [1.29, 1.82) is 0 Å². The van der Waals surface area contributed by atoms with Crippen molar-refractivity contribution in [3.8, 4) is 17.2 Å². The molecule has 0 heterocycles. The van der Waals surface area contributed by atoms with E-state index in [9.17, 15) is 4.79 Å². The molecule has 3 aromatic carbocycles. The van der Waals surface area contributed by atoms with Crippen LogP contribution in [0, 0.1) is 0 Å². The zero-order valence-corrected chi connectivity index (χ0v) is 14.6. The number of methoxy groups -OCH3 is 1. The number of esters is 1. The SMILES string of the molecule is C=CCc1ccc(OCC(=O)Oc2ccc3ccccc3c2)c(OC)c1. The molecule has 0 saturated heterocycles. The molecule has 4 nitrogen and oxygen atoms in total. The number of rotatable bonds is 7. The molecule has 0 aliphatic carbocycles. The summed E-state index contributed by atoms with van der Waals surface area (Å²) < 4.78 is 16.2. The van der Waals surface area contributed by atoms with Crippen LogP contribution in [0.1, 0.15) is 5.56 Å². The molecule has 0 unspecified atom stereocenters. The molecule has 132 valence electrons. The van der Waals surface area contributed by atoms with E-state index in [1.54, 1.807) is 19.2 Å². The molecule has 0 radical (unpaired) electrons. The van der Waals surface area contributed by atoms with Crippen LogP contribution in [0.3, 0.4) is 0 Å². The highest BCUT2D eigenvalue weighted by molar-refractivity contribution is 5.84. The topological polar surface area (TPSA) is 44.8 Å². The fraction of sp³-hybridized carbons (Fsp3) is 0.136. The van der Waals surface area contributed by atoms with E-state index < -0.39 is 5.97 Å². The van der Waals surface area contributed by atoms with Gasteiger partial charge < -0.3 is 14.2 Å². The van der Waals surface area contributed by atoms with Crippen LogP contribution < -0.4 is 14.2 Å². The summed E-state index contributed by atoms with van der Waals surface area (Å²) in [6.45, 7) is 3.51. The van der Waals surface area contributed by atoms with E-state index in [1.165, 1.54) is 0 Å². The molecule has 0 spiro atoms. The second-order valence-electron chi connectivity index (χ2n) is 5.75. The highest BCUT2D eigenvalue weighted by Crippen LogP contribution is 2.28. The molecule has 3 rings (SSSR count). The van der Waals surface area contributed by atoms with E-state index in [4.69, 9.17) is 14.2 Å². The number of benzene rings is 3. The predicted octanol–water partition coefficient (Wildman–Crippen LogP) is 4.56. The number of fused-ring (bicyclic) bond motifs is 1. The van der Waals surface area contributed by atoms with Crippen LogP contribution in [0.15, 0.2) is 73.3 Å². The summed E-state index contributed by atoms with van der Waals surface area (Å²) in [5, 5.41) is 2.10. The third-order valence-electron chi connectivity index (χ3n) is 3.91. The Hall–Kier alpha value is -3.27. The number of hydrogen-bond donors (Lipinski definition) is 0. The molecule has 0 N–H and O–H groups in total. The third kappa shape index (κ3) is 4.22. The van der Waals surface area contributed by atoms with E-state index in [-0.39, 0.29) is 6.61 Å². The highest BCUT2D eigenvalue weighted by Gasteiger charge is 2.10. The number of allylic oxidation sites excluding steroid dienone is 1. The van der Waals surface area contributed by atoms with Crippen LogP contribution in [-0.4, -0.2) is 19.7 Å². The second kappa shape index (κ2) is 8.21. The van der Waals surface area contributed by atoms with Crippen LogP contribution >= 0.6 is 0 Å². The highest BCUT2D eigenvalue weighted by atomic mass is 16.6. The maximum atomic E-state index is 12.1. The summed E-state index contributed by atoms with van der Waals surface area (Å²) in [6, 6.07) is 19.0. The zero-order chi connectivity index (χ0) is 18.4. The number of ether oxygens (including phenoxy) is 3. The lowest BCUT2D eigenvalue weighted by atomic mass is 10.1. The van der Waals surface area contributed by atoms with Crippen molar-refractivity contribution < 1.29 is 19.0 Å². The average molecular weight is 348 g/mol. The van der Waals surface area contributed by atoms with Gasteiger partial charge in [0, 0.05) is 0 Å². The number of carbonyl (C=O) groups is 1. The maximum absolute atomic E-state index is 12.1. The Kier molecular flexibility index (Phi) is 5.54. The second-order valence-corrected chi connectivity index (χ2v) is 5.75. The van der Waals surface area contributed by atoms with E-state index in [2.05, 4.69) is 6.58 Å². The largest absolute Gasteiger partial charge is 0.493 e. The molecule has 0 atom stereocenters. The van der Waals surface area contributed by atoms with Crippen molar-refractivity contribution in [1.82, 2.24) is 0 Å². The Bertz CT molecular complexity index is 930. The molecule has 0 saturated carbocycles. The lowest BCUT2D eigenvalue weighted by Crippen LogP contribution is -2.18. The molecule has 4 heteroatoms. The first-order valence-electron chi connectivity index (χ1n) is 8.29. The van der Waals surface area contributed by atoms with Crippen LogP contribution in [0.2, 0.25) is 0 Å². The van der Waals surface area contributed by atoms with Gasteiger partial charge >= 0.3 is 5.97 Å². The molecule has 0 aromatic heterocycles. The fourth-order valence-electron chi connectivity index (χ4n) is 2.65. The molecule has 3 aromatic rings. The summed E-state index contributed by atoms with van der Waals surface area (Å²) in [4.78, 5) is 12.1. The van der Waals surface area contributed by atoms with Gasteiger partial charge in [-0.15, -0.1) is 6.58 Å². The molecule has 0 aliphatic heterocycles. The van der Waals surface area contributed by atoms with Gasteiger partial charge in [-0.1, -0.05) is 42.5 Å². The minimum Gasteiger partial charge on any atom is -0.493 e. The van der Waals surface area contributed by atoms with Crippen molar-refractivity contribution in [2.45, 2.75) is 6.42 Å². The van der Waals surface area contributed by atoms with Gasteiger partial charge in [-0.05, 0) is 47.0 Å². The fourth-order valence-corrected chi connectivity index (χ4v) is 2.65. The van der Waals surface area contributed by atoms with Crippen molar-refractivity contribution in [2.75, 3.05) is 13.7 Å². The Labute approximate surface area is 152 Å². The van der Waals surface area contributed by atoms with Crippen molar-refractivity contribution in [2.24, 2.45) is 0 Å². The summed E-state index contributed by atoms with van der Waals surface area (Å²) in [5.41, 5.74) is 1.06. The normalized spacial score (nSPS) is 10.3. The Morgan fingerprint density at radius 1 is 1.00 bits per heavy atom. The Morgan fingerprint density at radius 2 is 1.81 bits per heavy atom. The van der Waals surface area contributed by atoms with Gasteiger partial charge in [0.2, 0.25) is 0 Å². The molecular formula is C22H20O4. The Morgan fingerprint density at radius 3 is 2.58 bits per heavy atom. The van der Waals surface area contributed by atoms with Gasteiger partial charge in [-0.3, -0.25) is 0 Å². The maximum Gasteiger partial charge on any atom is 0.349 e. The minimum absolute atomic E-state index is 0.204. The first kappa shape index (κ1) is 17.5. The lowest BCUT2D eigenvalue weighted by Gasteiger charge is -2.12. The summed E-state index contributed by atoms with van der Waals surface area (Å²) in [5.74, 6) is 1.08. The molecule has 0 bridgehead atoms. The Balaban J connectivity index is 1.63. The summed E-state index contributed by atoms with van der Waals surface area (Å²) in [6.07, 6.45) is 2.55. The van der Waals surface area contributed by atoms with Gasteiger partial charge in [0.1, 0.15) is 5.75 Å². The predicted molar refractivity (Wildman–Crippen MR) is 102 cm³/mol. The molecule has 0 amide bonds. The van der Waals surface area contributed by atoms with Crippen molar-refractivity contribution >= 4 is 16.7 Å². The molecule has 0 aliphatic rings. The van der Waals surface area contributed by atoms with E-state index in [0.717, 1.165) is 22.8 Å². The van der Waals surface area contributed by atoms with E-state index in [0.29, 0.717) is 17.2 Å². The van der Waals surface area contributed by atoms with Crippen molar-refractivity contribution in [3.63, 3.8) is 0 Å². The quantitative estimate of drug-likeness (QED) is 0.357. The van der Waals surface area contributed by atoms with Crippen LogP contribution in [0.4, 0.5) is 0 Å². The average Bonchev–Trinajstić information content (AvgIpc) is 2.67. The van der Waals surface area contributed by atoms with Gasteiger partial charge in [0.25, 0.3) is 0 Å². The van der Waals surface area contributed by atoms with Crippen LogP contribution in [0.25, 0.3) is 10.8 Å². The monoisotopic (exact) mass is 348 g/mol. The minimum atomic E-state index is -0.475. The van der Waals surface area contributed by atoms with Crippen LogP contribution in [-0.2, 0) is 11.2 Å².